The maximum atomic E-state index is 12.0. The molecule has 0 aliphatic rings. The lowest BCUT2D eigenvalue weighted by Crippen LogP contribution is -2.26. The van der Waals surface area contributed by atoms with Crippen molar-refractivity contribution in [2.24, 2.45) is 5.92 Å². The van der Waals surface area contributed by atoms with Crippen LogP contribution < -0.4 is 0 Å². The third-order valence-electron chi connectivity index (χ3n) is 2.45. The smallest absolute Gasteiger partial charge is 0.316 e. The highest BCUT2D eigenvalue weighted by Crippen LogP contribution is 2.15. The second-order valence-corrected chi connectivity index (χ2v) is 3.52. The normalized spacial score (nSPS) is 11.9. The minimum Gasteiger partial charge on any atom is -0.468 e. The number of aromatic nitrogens is 1. The van der Waals surface area contributed by atoms with Gasteiger partial charge in [-0.25, -0.2) is 0 Å². The molecule has 4 heteroatoms. The van der Waals surface area contributed by atoms with E-state index in [0.29, 0.717) is 12.1 Å². The van der Waals surface area contributed by atoms with Crippen molar-refractivity contribution in [1.29, 1.82) is 0 Å². The Bertz CT molecular complexity index is 401. The van der Waals surface area contributed by atoms with Crippen LogP contribution in [0.2, 0.25) is 0 Å². The minimum absolute atomic E-state index is 0.271. The molecule has 1 aromatic heterocycles. The van der Waals surface area contributed by atoms with Gasteiger partial charge in [0.15, 0.2) is 5.78 Å². The summed E-state index contributed by atoms with van der Waals surface area (Å²) in [7, 11) is 1.28. The highest BCUT2D eigenvalue weighted by atomic mass is 16.5. The van der Waals surface area contributed by atoms with E-state index in [1.165, 1.54) is 7.11 Å². The number of methoxy groups -OCH3 is 1. The number of hydrogen-bond donors (Lipinski definition) is 0. The highest BCUT2D eigenvalue weighted by molar-refractivity contribution is 6.08. The van der Waals surface area contributed by atoms with Gasteiger partial charge >= 0.3 is 5.97 Å². The summed E-state index contributed by atoms with van der Waals surface area (Å²) in [6.07, 6.45) is 1.96. The van der Waals surface area contributed by atoms with E-state index in [9.17, 15) is 9.59 Å². The Balaban J connectivity index is 3.01. The van der Waals surface area contributed by atoms with Gasteiger partial charge in [-0.3, -0.25) is 14.6 Å². The molecule has 1 unspecified atom stereocenters. The van der Waals surface area contributed by atoms with Crippen molar-refractivity contribution in [3.05, 3.63) is 29.6 Å². The number of Topliss-reactive ketones (excluding diaryl/α,β-unsaturated/α-hetero) is 1. The summed E-state index contributed by atoms with van der Waals surface area (Å²) in [6, 6.07) is 3.55. The number of ketones is 1. The standard InChI is InChI=1S/C12H15NO3/c1-4-9(12(15)16-3)11(14)10-8(2)6-5-7-13-10/h5-7,9H,4H2,1-3H3. The molecule has 0 N–H and O–H groups in total. The van der Waals surface area contributed by atoms with Crippen molar-refractivity contribution >= 4 is 11.8 Å². The third kappa shape index (κ3) is 2.45. The average molecular weight is 221 g/mol. The van der Waals surface area contributed by atoms with E-state index in [-0.39, 0.29) is 5.78 Å². The van der Waals surface area contributed by atoms with Gasteiger partial charge in [0.25, 0.3) is 0 Å². The molecule has 0 saturated heterocycles. The third-order valence-corrected chi connectivity index (χ3v) is 2.45. The van der Waals surface area contributed by atoms with E-state index >= 15 is 0 Å². The van der Waals surface area contributed by atoms with Crippen molar-refractivity contribution < 1.29 is 14.3 Å². The Morgan fingerprint density at radius 3 is 2.69 bits per heavy atom. The zero-order chi connectivity index (χ0) is 12.1. The second kappa shape index (κ2) is 5.39. The summed E-state index contributed by atoms with van der Waals surface area (Å²) >= 11 is 0. The van der Waals surface area contributed by atoms with Crippen molar-refractivity contribution in [2.45, 2.75) is 20.3 Å². The molecule has 0 fully saturated rings. The van der Waals surface area contributed by atoms with Crippen LogP contribution in [0.5, 0.6) is 0 Å². The SMILES string of the molecule is CCC(C(=O)OC)C(=O)c1ncccc1C. The molecule has 0 spiro atoms. The molecule has 1 rings (SSSR count). The Kier molecular flexibility index (Phi) is 4.17. The molecule has 86 valence electrons. The number of esters is 1. The number of pyridine rings is 1. The molecule has 1 heterocycles. The van der Waals surface area contributed by atoms with Crippen LogP contribution in [0, 0.1) is 12.8 Å². The van der Waals surface area contributed by atoms with Gasteiger partial charge in [-0.1, -0.05) is 13.0 Å². The van der Waals surface area contributed by atoms with Crippen LogP contribution in [0.1, 0.15) is 29.4 Å². The van der Waals surface area contributed by atoms with Gasteiger partial charge in [-0.2, -0.15) is 0 Å². The summed E-state index contributed by atoms with van der Waals surface area (Å²) in [4.78, 5) is 27.4. The molecule has 0 saturated carbocycles. The van der Waals surface area contributed by atoms with Crippen LogP contribution in [-0.4, -0.2) is 23.8 Å². The summed E-state index contributed by atoms with van der Waals surface area (Å²) in [5.41, 5.74) is 1.12. The van der Waals surface area contributed by atoms with Crippen LogP contribution in [0.3, 0.4) is 0 Å². The molecule has 0 amide bonds. The molecule has 4 nitrogen and oxygen atoms in total. The van der Waals surface area contributed by atoms with E-state index in [1.807, 2.05) is 0 Å². The predicted molar refractivity (Wildman–Crippen MR) is 59.1 cm³/mol. The zero-order valence-electron chi connectivity index (χ0n) is 9.69. The minimum atomic E-state index is -0.751. The largest absolute Gasteiger partial charge is 0.468 e. The molecule has 0 aromatic carbocycles. The first kappa shape index (κ1) is 12.4. The summed E-state index contributed by atoms with van der Waals surface area (Å²) < 4.78 is 4.60. The van der Waals surface area contributed by atoms with Gasteiger partial charge < -0.3 is 4.74 Å². The molecule has 0 aliphatic heterocycles. The first-order valence-electron chi connectivity index (χ1n) is 5.15. The quantitative estimate of drug-likeness (QED) is 0.441. The summed E-state index contributed by atoms with van der Waals surface area (Å²) in [5.74, 6) is -1.52. The van der Waals surface area contributed by atoms with E-state index < -0.39 is 11.9 Å². The number of rotatable bonds is 4. The number of carbonyl (C=O) groups excluding carboxylic acids is 2. The lowest BCUT2D eigenvalue weighted by molar-refractivity contribution is -0.143. The van der Waals surface area contributed by atoms with E-state index in [0.717, 1.165) is 5.56 Å². The first-order valence-corrected chi connectivity index (χ1v) is 5.15. The Labute approximate surface area is 94.6 Å². The maximum absolute atomic E-state index is 12.0. The van der Waals surface area contributed by atoms with Crippen LogP contribution in [-0.2, 0) is 9.53 Å². The number of aryl methyl sites for hydroxylation is 1. The maximum Gasteiger partial charge on any atom is 0.316 e. The second-order valence-electron chi connectivity index (χ2n) is 3.52. The Hall–Kier alpha value is -1.71. The number of hydrogen-bond acceptors (Lipinski definition) is 4. The molecule has 1 atom stereocenters. The Morgan fingerprint density at radius 1 is 1.50 bits per heavy atom. The zero-order valence-corrected chi connectivity index (χ0v) is 9.69. The monoisotopic (exact) mass is 221 g/mol. The number of nitrogens with zero attached hydrogens (tertiary/aromatic N) is 1. The van der Waals surface area contributed by atoms with Gasteiger partial charge in [0.1, 0.15) is 11.6 Å². The van der Waals surface area contributed by atoms with Crippen molar-refractivity contribution in [3.8, 4) is 0 Å². The van der Waals surface area contributed by atoms with E-state index in [2.05, 4.69) is 9.72 Å². The fourth-order valence-electron chi connectivity index (χ4n) is 1.51. The van der Waals surface area contributed by atoms with Crippen molar-refractivity contribution in [2.75, 3.05) is 7.11 Å². The van der Waals surface area contributed by atoms with Gasteiger partial charge in [0.2, 0.25) is 0 Å². The summed E-state index contributed by atoms with van der Waals surface area (Å²) in [6.45, 7) is 3.57. The molecular formula is C12H15NO3. The fraction of sp³-hybridized carbons (Fsp3) is 0.417. The van der Waals surface area contributed by atoms with Gasteiger partial charge in [-0.05, 0) is 25.0 Å². The van der Waals surface area contributed by atoms with Crippen LogP contribution in [0.25, 0.3) is 0 Å². The summed E-state index contributed by atoms with van der Waals surface area (Å²) in [5, 5.41) is 0. The van der Waals surface area contributed by atoms with E-state index in [4.69, 9.17) is 0 Å². The molecule has 0 bridgehead atoms. The lowest BCUT2D eigenvalue weighted by atomic mass is 9.96. The topological polar surface area (TPSA) is 56.3 Å². The first-order chi connectivity index (χ1) is 7.61. The number of carbonyl (C=O) groups is 2. The van der Waals surface area contributed by atoms with Gasteiger partial charge in [0, 0.05) is 6.20 Å². The van der Waals surface area contributed by atoms with Crippen molar-refractivity contribution in [1.82, 2.24) is 4.98 Å². The molecule has 1 aromatic rings. The highest BCUT2D eigenvalue weighted by Gasteiger charge is 2.28. The lowest BCUT2D eigenvalue weighted by Gasteiger charge is -2.11. The van der Waals surface area contributed by atoms with Crippen molar-refractivity contribution in [3.63, 3.8) is 0 Å². The Morgan fingerprint density at radius 2 is 2.19 bits per heavy atom. The average Bonchev–Trinajstić information content (AvgIpc) is 2.30. The van der Waals surface area contributed by atoms with Crippen LogP contribution >= 0.6 is 0 Å². The molecule has 0 aliphatic carbocycles. The van der Waals surface area contributed by atoms with Gasteiger partial charge in [-0.15, -0.1) is 0 Å². The van der Waals surface area contributed by atoms with Crippen LogP contribution in [0.15, 0.2) is 18.3 Å². The molecule has 0 radical (unpaired) electrons. The fourth-order valence-corrected chi connectivity index (χ4v) is 1.51. The molecule has 16 heavy (non-hydrogen) atoms. The predicted octanol–water partition coefficient (Wildman–Crippen LogP) is 1.77. The van der Waals surface area contributed by atoms with E-state index in [1.54, 1.807) is 32.2 Å². The van der Waals surface area contributed by atoms with Gasteiger partial charge in [0.05, 0.1) is 7.11 Å². The van der Waals surface area contributed by atoms with Crippen LogP contribution in [0.4, 0.5) is 0 Å². The number of ether oxygens (including phenoxy) is 1. The molecular weight excluding hydrogens is 206 g/mol.